The molecule has 4 unspecified atom stereocenters. The molecule has 0 saturated carbocycles. The molecule has 13 nitrogen and oxygen atoms in total. The molecule has 4 atom stereocenters. The van der Waals surface area contributed by atoms with Crippen molar-refractivity contribution in [2.75, 3.05) is 11.9 Å². The van der Waals surface area contributed by atoms with Crippen LogP contribution in [0.2, 0.25) is 30.1 Å². The first kappa shape index (κ1) is 40.2. The maximum atomic E-state index is 13.8. The van der Waals surface area contributed by atoms with E-state index in [-0.39, 0.29) is 63.8 Å². The summed E-state index contributed by atoms with van der Waals surface area (Å²) in [6, 6.07) is 20.9. The number of rotatable bonds is 10. The molecule has 3 heterocycles. The van der Waals surface area contributed by atoms with Crippen molar-refractivity contribution >= 4 is 110 Å². The Morgan fingerprint density at radius 2 is 1.21 bits per heavy atom. The monoisotopic (exact) mass is 887 g/mol. The van der Waals surface area contributed by atoms with Crippen LogP contribution in [0.4, 0.5) is 5.82 Å². The summed E-state index contributed by atoms with van der Waals surface area (Å²) in [6.07, 6.45) is -3.24. The number of amides is 1. The van der Waals surface area contributed by atoms with Crippen LogP contribution in [0.1, 0.15) is 47.7 Å². The molecule has 0 aliphatic carbocycles. The molecule has 57 heavy (non-hydrogen) atoms. The topological polar surface area (TPSA) is 161 Å². The summed E-state index contributed by atoms with van der Waals surface area (Å²) in [4.78, 5) is 67.0. The lowest BCUT2D eigenvalue weighted by atomic mass is 10.1. The Kier molecular flexibility index (Phi) is 12.2. The Hall–Kier alpha value is -4.99. The molecule has 6 aromatic rings. The number of imidazole rings is 1. The first-order valence-electron chi connectivity index (χ1n) is 16.5. The third-order valence-corrected chi connectivity index (χ3v) is 10.1. The minimum Gasteiger partial charge on any atom is -0.459 e. The van der Waals surface area contributed by atoms with Crippen molar-refractivity contribution < 1.29 is 38.1 Å². The maximum absolute atomic E-state index is 13.8. The van der Waals surface area contributed by atoms with E-state index in [2.05, 4.69) is 20.3 Å². The van der Waals surface area contributed by atoms with Crippen LogP contribution >= 0.6 is 69.6 Å². The van der Waals surface area contributed by atoms with Gasteiger partial charge in [-0.05, 0) is 66.7 Å². The van der Waals surface area contributed by atoms with Crippen LogP contribution in [-0.4, -0.2) is 68.3 Å². The van der Waals surface area contributed by atoms with Crippen molar-refractivity contribution in [3.63, 3.8) is 0 Å². The van der Waals surface area contributed by atoms with Crippen LogP contribution in [0.3, 0.4) is 0 Å². The first-order valence-corrected chi connectivity index (χ1v) is 18.8. The number of nitrogens with zero attached hydrogens (tertiary/aromatic N) is 4. The average molecular weight is 890 g/mol. The molecule has 19 heteroatoms. The van der Waals surface area contributed by atoms with Gasteiger partial charge in [0.2, 0.25) is 0 Å². The van der Waals surface area contributed by atoms with Crippen LogP contribution < -0.4 is 5.32 Å². The van der Waals surface area contributed by atoms with Crippen molar-refractivity contribution in [1.29, 1.82) is 0 Å². The Bertz CT molecular complexity index is 2540. The number of esters is 3. The molecule has 1 N–H and O–H groups in total. The molecule has 0 bridgehead atoms. The predicted octanol–water partition coefficient (Wildman–Crippen LogP) is 9.20. The highest BCUT2D eigenvalue weighted by Gasteiger charge is 2.52. The Balaban J connectivity index is 1.28. The number of benzene rings is 4. The zero-order chi connectivity index (χ0) is 40.4. The van der Waals surface area contributed by atoms with Crippen LogP contribution in [-0.2, 0) is 18.9 Å². The predicted molar refractivity (Wildman–Crippen MR) is 212 cm³/mol. The van der Waals surface area contributed by atoms with Crippen molar-refractivity contribution in [2.45, 2.75) is 24.5 Å². The van der Waals surface area contributed by atoms with E-state index in [1.165, 1.54) is 71.8 Å². The number of halogens is 6. The van der Waals surface area contributed by atoms with Crippen LogP contribution in [0.15, 0.2) is 97.6 Å². The van der Waals surface area contributed by atoms with E-state index in [0.29, 0.717) is 5.56 Å². The highest BCUT2D eigenvalue weighted by molar-refractivity contribution is 6.37. The summed E-state index contributed by atoms with van der Waals surface area (Å²) in [5, 5.41) is 3.47. The molecule has 2 aromatic heterocycles. The van der Waals surface area contributed by atoms with Gasteiger partial charge in [-0.15, -0.1) is 0 Å². The molecule has 0 radical (unpaired) electrons. The zero-order valence-electron chi connectivity index (χ0n) is 28.6. The van der Waals surface area contributed by atoms with Gasteiger partial charge in [-0.25, -0.2) is 29.3 Å². The van der Waals surface area contributed by atoms with Gasteiger partial charge in [-0.1, -0.05) is 87.8 Å². The number of hydrogen-bond donors (Lipinski definition) is 1. The third kappa shape index (κ3) is 8.80. The molecule has 290 valence electrons. The summed E-state index contributed by atoms with van der Waals surface area (Å²) < 4.78 is 25.5. The lowest BCUT2D eigenvalue weighted by Crippen LogP contribution is -2.41. The number of ether oxygens (including phenoxy) is 4. The fourth-order valence-corrected chi connectivity index (χ4v) is 7.26. The van der Waals surface area contributed by atoms with Crippen molar-refractivity contribution in [2.24, 2.45) is 0 Å². The van der Waals surface area contributed by atoms with E-state index < -0.39 is 55.0 Å². The summed E-state index contributed by atoms with van der Waals surface area (Å²) in [6.45, 7) is -0.559. The van der Waals surface area contributed by atoms with Crippen molar-refractivity contribution in [3.05, 3.63) is 150 Å². The van der Waals surface area contributed by atoms with Gasteiger partial charge in [0.1, 0.15) is 19.0 Å². The number of carbonyl (C=O) groups is 4. The van der Waals surface area contributed by atoms with Crippen molar-refractivity contribution in [3.8, 4) is 0 Å². The Morgan fingerprint density at radius 3 is 1.77 bits per heavy atom. The highest BCUT2D eigenvalue weighted by atomic mass is 35.5. The molecule has 1 aliphatic heterocycles. The zero-order valence-corrected chi connectivity index (χ0v) is 33.1. The third-order valence-electron chi connectivity index (χ3n) is 8.50. The number of fused-ring (bicyclic) bond motifs is 1. The molecule has 1 aliphatic rings. The molecule has 1 amide bonds. The van der Waals surface area contributed by atoms with E-state index in [1.54, 1.807) is 30.3 Å². The first-order chi connectivity index (χ1) is 27.4. The fraction of sp³-hybridized carbons (Fsp3) is 0.132. The number of anilines is 1. The van der Waals surface area contributed by atoms with Gasteiger partial charge in [0.05, 0.1) is 38.1 Å². The Morgan fingerprint density at radius 1 is 0.667 bits per heavy atom. The molecule has 0 spiro atoms. The van der Waals surface area contributed by atoms with Crippen LogP contribution in [0.5, 0.6) is 0 Å². The maximum Gasteiger partial charge on any atom is 0.340 e. The second kappa shape index (κ2) is 17.2. The fourth-order valence-electron chi connectivity index (χ4n) is 5.81. The number of nitrogens with one attached hydrogen (secondary N) is 1. The normalized spacial score (nSPS) is 17.6. The van der Waals surface area contributed by atoms with Gasteiger partial charge in [0, 0.05) is 20.6 Å². The molecular formula is C38H23Cl6N5O8. The van der Waals surface area contributed by atoms with E-state index in [9.17, 15) is 19.2 Å². The number of hydrogen-bond acceptors (Lipinski definition) is 11. The van der Waals surface area contributed by atoms with Gasteiger partial charge >= 0.3 is 17.9 Å². The molecule has 1 fully saturated rings. The van der Waals surface area contributed by atoms with Crippen LogP contribution in [0, 0.1) is 0 Å². The molecule has 4 aromatic carbocycles. The molecule has 1 saturated heterocycles. The summed E-state index contributed by atoms with van der Waals surface area (Å²) >= 11 is 37.2. The quantitative estimate of drug-likeness (QED) is 0.103. The van der Waals surface area contributed by atoms with Crippen LogP contribution in [0.25, 0.3) is 11.2 Å². The summed E-state index contributed by atoms with van der Waals surface area (Å²) in [5.74, 6) is -3.20. The van der Waals surface area contributed by atoms with Gasteiger partial charge < -0.3 is 24.3 Å². The molecular weight excluding hydrogens is 867 g/mol. The standard InChI is InChI=1S/C38H23Cl6N5O8/c39-19-6-9-22(25(42)12-19)36(51)54-15-28-30(56-37(52)23-10-7-20(40)13-26(23)43)31(57-38(53)24-11-8-21(41)14-27(24)44)35(55-28)49-17-47-29-32(45-16-46-33(29)49)48-34(50)18-4-2-1-3-5-18/h1-14,16-17,28,30-31,35H,15H2,(H,45,46,48,50). The molecule has 7 rings (SSSR count). The minimum absolute atomic E-state index is 0.0140. The second-order valence-electron chi connectivity index (χ2n) is 12.1. The van der Waals surface area contributed by atoms with Gasteiger partial charge in [0.15, 0.2) is 35.4 Å². The van der Waals surface area contributed by atoms with E-state index in [1.807, 2.05) is 0 Å². The van der Waals surface area contributed by atoms with Gasteiger partial charge in [-0.3, -0.25) is 9.36 Å². The SMILES string of the molecule is O=C(Nc1ncnc2c1ncn2C1OC(COC(=O)c2ccc(Cl)cc2Cl)C(OC(=O)c2ccc(Cl)cc2Cl)C1OC(=O)c1ccc(Cl)cc1Cl)c1ccccc1. The minimum atomic E-state index is -1.52. The average Bonchev–Trinajstić information content (AvgIpc) is 3.75. The summed E-state index contributed by atoms with van der Waals surface area (Å²) in [7, 11) is 0. The van der Waals surface area contributed by atoms with E-state index in [4.69, 9.17) is 88.6 Å². The van der Waals surface area contributed by atoms with E-state index >= 15 is 0 Å². The lowest BCUT2D eigenvalue weighted by Gasteiger charge is -2.25. The smallest absolute Gasteiger partial charge is 0.340 e. The lowest BCUT2D eigenvalue weighted by molar-refractivity contribution is -0.0606. The Labute approximate surface area is 352 Å². The number of carbonyl (C=O) groups excluding carboxylic acids is 4. The van der Waals surface area contributed by atoms with Crippen molar-refractivity contribution in [1.82, 2.24) is 19.5 Å². The highest BCUT2D eigenvalue weighted by Crippen LogP contribution is 2.38. The van der Waals surface area contributed by atoms with E-state index in [0.717, 1.165) is 0 Å². The van der Waals surface area contributed by atoms with Gasteiger partial charge in [-0.2, -0.15) is 0 Å². The van der Waals surface area contributed by atoms with Gasteiger partial charge in [0.25, 0.3) is 5.91 Å². The largest absolute Gasteiger partial charge is 0.459 e. The summed E-state index contributed by atoms with van der Waals surface area (Å²) in [5.41, 5.74) is 0.420. The number of aromatic nitrogens is 4. The second-order valence-corrected chi connectivity index (χ2v) is 14.7.